The summed E-state index contributed by atoms with van der Waals surface area (Å²) in [5.41, 5.74) is -0.487. The summed E-state index contributed by atoms with van der Waals surface area (Å²) < 4.78 is 5.66. The lowest BCUT2D eigenvalue weighted by atomic mass is 9.68. The van der Waals surface area contributed by atoms with Gasteiger partial charge in [0.15, 0.2) is 0 Å². The summed E-state index contributed by atoms with van der Waals surface area (Å²) in [7, 11) is 0. The third kappa shape index (κ3) is 2.47. The predicted octanol–water partition coefficient (Wildman–Crippen LogP) is 3.25. The van der Waals surface area contributed by atoms with Crippen LogP contribution in [0.2, 0.25) is 0 Å². The van der Waals surface area contributed by atoms with Gasteiger partial charge < -0.3 is 9.84 Å². The molecule has 4 nitrogen and oxygen atoms in total. The van der Waals surface area contributed by atoms with Gasteiger partial charge in [0.05, 0.1) is 0 Å². The number of ether oxygens (including phenoxy) is 1. The summed E-state index contributed by atoms with van der Waals surface area (Å²) in [5.74, 6) is 1.98. The first-order valence-corrected chi connectivity index (χ1v) is 8.38. The minimum Gasteiger partial charge on any atom is -0.481 e. The maximum absolute atomic E-state index is 11.8. The molecule has 6 atom stereocenters. The van der Waals surface area contributed by atoms with Crippen molar-refractivity contribution >= 4 is 11.9 Å². The maximum Gasteiger partial charge on any atom is 0.317 e. The van der Waals surface area contributed by atoms with Gasteiger partial charge in [-0.15, -0.1) is 0 Å². The molecule has 118 valence electrons. The Hall–Kier alpha value is -1.06. The minimum atomic E-state index is -1.11. The van der Waals surface area contributed by atoms with E-state index < -0.39 is 24.0 Å². The van der Waals surface area contributed by atoms with Crippen LogP contribution < -0.4 is 0 Å². The van der Waals surface area contributed by atoms with Crippen LogP contribution in [0.1, 0.15) is 58.8 Å². The van der Waals surface area contributed by atoms with Crippen molar-refractivity contribution in [2.24, 2.45) is 29.6 Å². The Bertz CT molecular complexity index is 446. The number of carboxylic acids is 1. The Balaban J connectivity index is 1.71. The number of rotatable bonds is 5. The summed E-state index contributed by atoms with van der Waals surface area (Å²) in [6.07, 6.45) is 6.79. The second kappa shape index (κ2) is 5.29. The maximum atomic E-state index is 11.8. The molecule has 0 aromatic rings. The highest BCUT2D eigenvalue weighted by atomic mass is 16.6. The van der Waals surface area contributed by atoms with Gasteiger partial charge in [0, 0.05) is 5.92 Å². The van der Waals surface area contributed by atoms with Crippen molar-refractivity contribution in [1.29, 1.82) is 0 Å². The zero-order chi connectivity index (χ0) is 15.2. The Labute approximate surface area is 126 Å². The third-order valence-corrected chi connectivity index (χ3v) is 6.56. The van der Waals surface area contributed by atoms with E-state index in [1.165, 1.54) is 25.7 Å². The lowest BCUT2D eigenvalue weighted by Crippen LogP contribution is -2.44. The predicted molar refractivity (Wildman–Crippen MR) is 77.6 cm³/mol. The van der Waals surface area contributed by atoms with Gasteiger partial charge in [-0.1, -0.05) is 13.3 Å². The molecule has 0 aromatic heterocycles. The SMILES string of the molecule is CCC(C)(OC(=O)CC(=O)O)C1CC2CC1C1CCCC21. The number of esters is 1. The van der Waals surface area contributed by atoms with E-state index in [1.54, 1.807) is 0 Å². The third-order valence-electron chi connectivity index (χ3n) is 6.56. The van der Waals surface area contributed by atoms with E-state index in [9.17, 15) is 9.59 Å². The standard InChI is InChI=1S/C17H26O4/c1-3-17(2,21-16(20)9-15(18)19)14-8-10-7-13(14)12-6-4-5-11(10)12/h10-14H,3-9H2,1-2H3,(H,18,19). The van der Waals surface area contributed by atoms with Gasteiger partial charge in [-0.2, -0.15) is 0 Å². The Kier molecular flexibility index (Phi) is 3.74. The van der Waals surface area contributed by atoms with Crippen molar-refractivity contribution in [3.8, 4) is 0 Å². The van der Waals surface area contributed by atoms with Gasteiger partial charge in [0.2, 0.25) is 0 Å². The molecular formula is C17H26O4. The lowest BCUT2D eigenvalue weighted by molar-refractivity contribution is -0.171. The molecule has 3 aliphatic rings. The first-order chi connectivity index (χ1) is 9.94. The summed E-state index contributed by atoms with van der Waals surface area (Å²) >= 11 is 0. The summed E-state index contributed by atoms with van der Waals surface area (Å²) in [4.78, 5) is 22.5. The number of aliphatic carboxylic acids is 1. The van der Waals surface area contributed by atoms with Gasteiger partial charge in [-0.25, -0.2) is 0 Å². The molecule has 3 rings (SSSR count). The van der Waals surface area contributed by atoms with Crippen molar-refractivity contribution in [3.05, 3.63) is 0 Å². The van der Waals surface area contributed by atoms with E-state index in [0.29, 0.717) is 11.8 Å². The molecule has 0 aliphatic heterocycles. The highest BCUT2D eigenvalue weighted by Gasteiger charge is 2.58. The van der Waals surface area contributed by atoms with E-state index in [-0.39, 0.29) is 0 Å². The molecule has 21 heavy (non-hydrogen) atoms. The number of carboxylic acid groups (broad SMARTS) is 1. The molecule has 3 fully saturated rings. The molecule has 0 spiro atoms. The molecule has 2 bridgehead atoms. The van der Waals surface area contributed by atoms with Gasteiger partial charge in [0.25, 0.3) is 0 Å². The van der Waals surface area contributed by atoms with Crippen LogP contribution in [0.4, 0.5) is 0 Å². The molecule has 0 radical (unpaired) electrons. The average molecular weight is 294 g/mol. The molecule has 0 aromatic carbocycles. The van der Waals surface area contributed by atoms with Crippen LogP contribution in [0.3, 0.4) is 0 Å². The summed E-state index contributed by atoms with van der Waals surface area (Å²) in [6, 6.07) is 0. The van der Waals surface area contributed by atoms with Crippen molar-refractivity contribution in [3.63, 3.8) is 0 Å². The van der Waals surface area contributed by atoms with E-state index >= 15 is 0 Å². The molecule has 3 saturated carbocycles. The molecule has 0 amide bonds. The summed E-state index contributed by atoms with van der Waals surface area (Å²) in [5, 5.41) is 8.75. The average Bonchev–Trinajstić information content (AvgIpc) is 3.09. The second-order valence-corrected chi connectivity index (χ2v) is 7.47. The van der Waals surface area contributed by atoms with Gasteiger partial charge >= 0.3 is 11.9 Å². The van der Waals surface area contributed by atoms with Gasteiger partial charge in [0.1, 0.15) is 12.0 Å². The number of carbonyl (C=O) groups excluding carboxylic acids is 1. The van der Waals surface area contributed by atoms with Crippen LogP contribution in [-0.2, 0) is 14.3 Å². The van der Waals surface area contributed by atoms with Gasteiger partial charge in [-0.05, 0) is 62.7 Å². The summed E-state index contributed by atoms with van der Waals surface area (Å²) in [6.45, 7) is 4.06. The fraction of sp³-hybridized carbons (Fsp3) is 0.882. The van der Waals surface area contributed by atoms with Crippen LogP contribution in [0.15, 0.2) is 0 Å². The van der Waals surface area contributed by atoms with E-state index in [4.69, 9.17) is 9.84 Å². The highest BCUT2D eigenvalue weighted by molar-refractivity contribution is 5.90. The second-order valence-electron chi connectivity index (χ2n) is 7.47. The fourth-order valence-electron chi connectivity index (χ4n) is 5.60. The van der Waals surface area contributed by atoms with E-state index in [2.05, 4.69) is 0 Å². The first kappa shape index (κ1) is 14.9. The molecule has 1 N–H and O–H groups in total. The van der Waals surface area contributed by atoms with Crippen molar-refractivity contribution in [2.75, 3.05) is 0 Å². The number of fused-ring (bicyclic) bond motifs is 5. The Morgan fingerprint density at radius 1 is 1.19 bits per heavy atom. The van der Waals surface area contributed by atoms with Crippen molar-refractivity contribution in [1.82, 2.24) is 0 Å². The number of hydrogen-bond donors (Lipinski definition) is 1. The van der Waals surface area contributed by atoms with Crippen LogP contribution in [0.25, 0.3) is 0 Å². The number of hydrogen-bond acceptors (Lipinski definition) is 3. The largest absolute Gasteiger partial charge is 0.481 e. The highest BCUT2D eigenvalue weighted by Crippen LogP contribution is 2.63. The van der Waals surface area contributed by atoms with E-state index in [1.807, 2.05) is 13.8 Å². The quantitative estimate of drug-likeness (QED) is 0.624. The Morgan fingerprint density at radius 3 is 2.57 bits per heavy atom. The number of carbonyl (C=O) groups is 2. The molecule has 3 aliphatic carbocycles. The van der Waals surface area contributed by atoms with Crippen LogP contribution in [0, 0.1) is 29.6 Å². The molecule has 0 heterocycles. The Morgan fingerprint density at radius 2 is 1.90 bits per heavy atom. The van der Waals surface area contributed by atoms with E-state index in [0.717, 1.165) is 30.6 Å². The van der Waals surface area contributed by atoms with Crippen molar-refractivity contribution < 1.29 is 19.4 Å². The fourth-order valence-corrected chi connectivity index (χ4v) is 5.60. The lowest BCUT2D eigenvalue weighted by Gasteiger charge is -2.42. The zero-order valence-corrected chi connectivity index (χ0v) is 13.0. The first-order valence-electron chi connectivity index (χ1n) is 8.38. The molecule has 0 saturated heterocycles. The zero-order valence-electron chi connectivity index (χ0n) is 13.0. The smallest absolute Gasteiger partial charge is 0.317 e. The van der Waals surface area contributed by atoms with Crippen LogP contribution in [-0.4, -0.2) is 22.6 Å². The molecular weight excluding hydrogens is 268 g/mol. The topological polar surface area (TPSA) is 63.6 Å². The van der Waals surface area contributed by atoms with Crippen molar-refractivity contribution in [2.45, 2.75) is 64.4 Å². The molecule has 6 unspecified atom stereocenters. The van der Waals surface area contributed by atoms with Gasteiger partial charge in [-0.3, -0.25) is 9.59 Å². The monoisotopic (exact) mass is 294 g/mol. The molecule has 4 heteroatoms. The minimum absolute atomic E-state index is 0.421. The van der Waals surface area contributed by atoms with Crippen LogP contribution in [0.5, 0.6) is 0 Å². The normalized spacial score (nSPS) is 39.8. The van der Waals surface area contributed by atoms with Crippen LogP contribution >= 0.6 is 0 Å².